The van der Waals surface area contributed by atoms with Gasteiger partial charge in [0.2, 0.25) is 0 Å². The van der Waals surface area contributed by atoms with Crippen molar-refractivity contribution in [3.05, 3.63) is 59.9 Å². The molecule has 0 saturated carbocycles. The summed E-state index contributed by atoms with van der Waals surface area (Å²) in [6, 6.07) is 12.6. The molecule has 0 aliphatic carbocycles. The van der Waals surface area contributed by atoms with Gasteiger partial charge in [0.05, 0.1) is 19.3 Å². The van der Waals surface area contributed by atoms with Crippen LogP contribution >= 0.6 is 0 Å². The number of nitrogens with one attached hydrogen (secondary N) is 2. The molecule has 150 valence electrons. The lowest BCUT2D eigenvalue weighted by Crippen LogP contribution is -2.39. The maximum Gasteiger partial charge on any atom is 0.191 e. The number of likely N-dealkylation sites (tertiary alicyclic amines) is 1. The summed E-state index contributed by atoms with van der Waals surface area (Å²) in [5.74, 6) is 1.58. The quantitative estimate of drug-likeness (QED) is 0.397. The first-order valence-electron chi connectivity index (χ1n) is 10.2. The van der Waals surface area contributed by atoms with Gasteiger partial charge in [0, 0.05) is 19.3 Å². The standard InChI is InChI=1S/C22H31N5O/c1-2-24-22(25-12-15-28-21-6-5-11-23-17-21)26-16-19-7-9-20(10-8-19)18-27-13-3-4-14-27/h5-11,17H,2-4,12-16,18H2,1H3,(H2,24,25,26). The van der Waals surface area contributed by atoms with E-state index in [2.05, 4.69) is 56.7 Å². The smallest absolute Gasteiger partial charge is 0.191 e. The second-order valence-electron chi connectivity index (χ2n) is 6.96. The fraction of sp³-hybridized carbons (Fsp3) is 0.455. The van der Waals surface area contributed by atoms with Gasteiger partial charge >= 0.3 is 0 Å². The molecule has 0 atom stereocenters. The van der Waals surface area contributed by atoms with Gasteiger partial charge in [-0.05, 0) is 56.1 Å². The van der Waals surface area contributed by atoms with E-state index in [9.17, 15) is 0 Å². The third-order valence-electron chi connectivity index (χ3n) is 4.69. The van der Waals surface area contributed by atoms with Crippen molar-refractivity contribution in [3.63, 3.8) is 0 Å². The second-order valence-corrected chi connectivity index (χ2v) is 6.96. The van der Waals surface area contributed by atoms with Crippen LogP contribution in [-0.2, 0) is 13.1 Å². The highest BCUT2D eigenvalue weighted by Crippen LogP contribution is 2.13. The SMILES string of the molecule is CCNC(=NCc1ccc(CN2CCCC2)cc1)NCCOc1cccnc1. The summed E-state index contributed by atoms with van der Waals surface area (Å²) in [6.45, 7) is 8.30. The molecular formula is C22H31N5O. The number of benzene rings is 1. The van der Waals surface area contributed by atoms with Crippen molar-refractivity contribution >= 4 is 5.96 Å². The second kappa shape index (κ2) is 11.3. The van der Waals surface area contributed by atoms with E-state index in [1.54, 1.807) is 12.4 Å². The number of hydrogen-bond acceptors (Lipinski definition) is 4. The number of rotatable bonds is 9. The molecule has 28 heavy (non-hydrogen) atoms. The summed E-state index contributed by atoms with van der Waals surface area (Å²) >= 11 is 0. The van der Waals surface area contributed by atoms with Gasteiger partial charge in [-0.15, -0.1) is 0 Å². The molecule has 1 fully saturated rings. The summed E-state index contributed by atoms with van der Waals surface area (Å²) in [5, 5.41) is 6.58. The largest absolute Gasteiger partial charge is 0.490 e. The number of pyridine rings is 1. The molecular weight excluding hydrogens is 350 g/mol. The molecule has 0 spiro atoms. The minimum absolute atomic E-state index is 0.557. The zero-order valence-corrected chi connectivity index (χ0v) is 16.7. The summed E-state index contributed by atoms with van der Waals surface area (Å²) in [6.07, 6.45) is 6.12. The Balaban J connectivity index is 1.43. The lowest BCUT2D eigenvalue weighted by Gasteiger charge is -2.14. The van der Waals surface area contributed by atoms with Gasteiger partial charge in [-0.2, -0.15) is 0 Å². The van der Waals surface area contributed by atoms with Gasteiger partial charge in [0.25, 0.3) is 0 Å². The van der Waals surface area contributed by atoms with Gasteiger partial charge in [0.15, 0.2) is 5.96 Å². The van der Waals surface area contributed by atoms with Gasteiger partial charge in [-0.1, -0.05) is 24.3 Å². The Morgan fingerprint density at radius 1 is 1.11 bits per heavy atom. The number of ether oxygens (including phenoxy) is 1. The van der Waals surface area contributed by atoms with Crippen molar-refractivity contribution in [2.45, 2.75) is 32.9 Å². The summed E-state index contributed by atoms with van der Waals surface area (Å²) < 4.78 is 5.65. The van der Waals surface area contributed by atoms with Crippen LogP contribution in [0.5, 0.6) is 5.75 Å². The lowest BCUT2D eigenvalue weighted by atomic mass is 10.1. The minimum atomic E-state index is 0.557. The Hall–Kier alpha value is -2.60. The number of aliphatic imine (C=N–C) groups is 1. The zero-order chi connectivity index (χ0) is 19.4. The van der Waals surface area contributed by atoms with Crippen LogP contribution in [0.1, 0.15) is 30.9 Å². The van der Waals surface area contributed by atoms with Gasteiger partial charge in [-0.25, -0.2) is 4.99 Å². The van der Waals surface area contributed by atoms with Crippen LogP contribution in [0, 0.1) is 0 Å². The van der Waals surface area contributed by atoms with Crippen molar-refractivity contribution in [1.29, 1.82) is 0 Å². The van der Waals surface area contributed by atoms with E-state index in [1.165, 1.54) is 37.1 Å². The monoisotopic (exact) mass is 381 g/mol. The van der Waals surface area contributed by atoms with E-state index >= 15 is 0 Å². The van der Waals surface area contributed by atoms with Crippen molar-refractivity contribution in [2.75, 3.05) is 32.8 Å². The summed E-state index contributed by atoms with van der Waals surface area (Å²) in [4.78, 5) is 11.2. The molecule has 1 aliphatic rings. The predicted molar refractivity (Wildman–Crippen MR) is 114 cm³/mol. The zero-order valence-electron chi connectivity index (χ0n) is 16.7. The van der Waals surface area contributed by atoms with Crippen LogP contribution in [0.15, 0.2) is 53.8 Å². The molecule has 0 bridgehead atoms. The fourth-order valence-electron chi connectivity index (χ4n) is 3.23. The van der Waals surface area contributed by atoms with Crippen molar-refractivity contribution < 1.29 is 4.74 Å². The molecule has 0 amide bonds. The van der Waals surface area contributed by atoms with Crippen LogP contribution in [0.25, 0.3) is 0 Å². The van der Waals surface area contributed by atoms with Crippen LogP contribution in [0.4, 0.5) is 0 Å². The van der Waals surface area contributed by atoms with E-state index in [1.807, 2.05) is 12.1 Å². The molecule has 0 radical (unpaired) electrons. The topological polar surface area (TPSA) is 61.8 Å². The molecule has 1 aliphatic heterocycles. The summed E-state index contributed by atoms with van der Waals surface area (Å²) in [5.41, 5.74) is 2.60. The first-order valence-corrected chi connectivity index (χ1v) is 10.2. The van der Waals surface area contributed by atoms with Crippen LogP contribution < -0.4 is 15.4 Å². The van der Waals surface area contributed by atoms with E-state index in [0.717, 1.165) is 24.8 Å². The van der Waals surface area contributed by atoms with E-state index in [0.29, 0.717) is 19.7 Å². The molecule has 1 aromatic carbocycles. The molecule has 0 unspecified atom stereocenters. The molecule has 1 aromatic heterocycles. The first kappa shape index (κ1) is 20.1. The Labute approximate surface area is 168 Å². The molecule has 2 heterocycles. The van der Waals surface area contributed by atoms with Gasteiger partial charge < -0.3 is 15.4 Å². The average Bonchev–Trinajstić information content (AvgIpc) is 3.24. The highest BCUT2D eigenvalue weighted by molar-refractivity contribution is 5.79. The van der Waals surface area contributed by atoms with Crippen LogP contribution in [-0.4, -0.2) is 48.6 Å². The van der Waals surface area contributed by atoms with Crippen molar-refractivity contribution in [1.82, 2.24) is 20.5 Å². The highest BCUT2D eigenvalue weighted by atomic mass is 16.5. The molecule has 2 N–H and O–H groups in total. The van der Waals surface area contributed by atoms with Gasteiger partial charge in [0.1, 0.15) is 12.4 Å². The average molecular weight is 382 g/mol. The molecule has 6 nitrogen and oxygen atoms in total. The Kier molecular flexibility index (Phi) is 8.12. The van der Waals surface area contributed by atoms with E-state index < -0.39 is 0 Å². The minimum Gasteiger partial charge on any atom is -0.490 e. The Morgan fingerprint density at radius 2 is 1.89 bits per heavy atom. The molecule has 3 rings (SSSR count). The van der Waals surface area contributed by atoms with Crippen LogP contribution in [0.2, 0.25) is 0 Å². The highest BCUT2D eigenvalue weighted by Gasteiger charge is 2.11. The van der Waals surface area contributed by atoms with Crippen LogP contribution in [0.3, 0.4) is 0 Å². The number of hydrogen-bond donors (Lipinski definition) is 2. The molecule has 6 heteroatoms. The Bertz CT molecular complexity index is 711. The van der Waals surface area contributed by atoms with Crippen molar-refractivity contribution in [2.24, 2.45) is 4.99 Å². The molecule has 2 aromatic rings. The maximum absolute atomic E-state index is 5.65. The normalized spacial score (nSPS) is 14.8. The first-order chi connectivity index (χ1) is 13.8. The third kappa shape index (κ3) is 6.85. The number of nitrogens with zero attached hydrogens (tertiary/aromatic N) is 3. The summed E-state index contributed by atoms with van der Waals surface area (Å²) in [7, 11) is 0. The van der Waals surface area contributed by atoms with Gasteiger partial charge in [-0.3, -0.25) is 9.88 Å². The number of guanidine groups is 1. The maximum atomic E-state index is 5.65. The number of aromatic nitrogens is 1. The van der Waals surface area contributed by atoms with E-state index in [-0.39, 0.29) is 0 Å². The molecule has 1 saturated heterocycles. The Morgan fingerprint density at radius 3 is 2.61 bits per heavy atom. The predicted octanol–water partition coefficient (Wildman–Crippen LogP) is 2.81. The van der Waals surface area contributed by atoms with Crippen molar-refractivity contribution in [3.8, 4) is 5.75 Å². The fourth-order valence-corrected chi connectivity index (χ4v) is 3.23. The lowest BCUT2D eigenvalue weighted by molar-refractivity contribution is 0.320. The van der Waals surface area contributed by atoms with E-state index in [4.69, 9.17) is 4.74 Å². The third-order valence-corrected chi connectivity index (χ3v) is 4.69.